The van der Waals surface area contributed by atoms with Crippen LogP contribution in [0.1, 0.15) is 33.0 Å². The van der Waals surface area contributed by atoms with Gasteiger partial charge in [0.1, 0.15) is 5.82 Å². The number of aliphatic hydroxyl groups is 1. The van der Waals surface area contributed by atoms with E-state index < -0.39 is 11.4 Å². The largest absolute Gasteiger partial charge is 0.618 e. The maximum Gasteiger partial charge on any atom is 0.226 e. The first kappa shape index (κ1) is 18.2. The molecule has 144 valence electrons. The van der Waals surface area contributed by atoms with Gasteiger partial charge >= 0.3 is 0 Å². The van der Waals surface area contributed by atoms with Crippen LogP contribution in [0.4, 0.5) is 0 Å². The van der Waals surface area contributed by atoms with Crippen molar-refractivity contribution < 1.29 is 19.3 Å². The molecular weight excluding hydrogens is 346 g/mol. The first-order valence-electron chi connectivity index (χ1n) is 9.26. The lowest BCUT2D eigenvalue weighted by atomic mass is 10.1. The highest BCUT2D eigenvalue weighted by Gasteiger charge is 2.32. The number of aryl methyl sites for hydroxylation is 1. The molecule has 1 aromatic carbocycles. The Balaban J connectivity index is 1.84. The topological polar surface area (TPSA) is 83.5 Å². The van der Waals surface area contributed by atoms with Gasteiger partial charge in [0.2, 0.25) is 11.7 Å². The van der Waals surface area contributed by atoms with Gasteiger partial charge in [0.05, 0.1) is 36.3 Å². The summed E-state index contributed by atoms with van der Waals surface area (Å²) >= 11 is 0. The Bertz CT molecular complexity index is 984. The number of ether oxygens (including phenoxy) is 2. The predicted molar refractivity (Wildman–Crippen MR) is 101 cm³/mol. The van der Waals surface area contributed by atoms with E-state index in [0.29, 0.717) is 43.6 Å². The van der Waals surface area contributed by atoms with Crippen molar-refractivity contribution in [3.63, 3.8) is 0 Å². The molecule has 27 heavy (non-hydrogen) atoms. The third-order valence-electron chi connectivity index (χ3n) is 4.96. The predicted octanol–water partition coefficient (Wildman–Crippen LogP) is 2.29. The van der Waals surface area contributed by atoms with Gasteiger partial charge in [0.15, 0.2) is 11.3 Å². The molecule has 0 bridgehead atoms. The van der Waals surface area contributed by atoms with E-state index in [1.807, 2.05) is 29.7 Å². The minimum atomic E-state index is -0.920. The molecule has 3 aromatic rings. The maximum atomic E-state index is 12.4. The smallest absolute Gasteiger partial charge is 0.226 e. The van der Waals surface area contributed by atoms with Crippen molar-refractivity contribution in [1.29, 1.82) is 0 Å². The van der Waals surface area contributed by atoms with Crippen LogP contribution >= 0.6 is 0 Å². The summed E-state index contributed by atoms with van der Waals surface area (Å²) in [7, 11) is 0. The Labute approximate surface area is 157 Å². The van der Waals surface area contributed by atoms with Gasteiger partial charge in [0.25, 0.3) is 0 Å². The van der Waals surface area contributed by atoms with E-state index in [1.54, 1.807) is 19.9 Å². The minimum absolute atomic E-state index is 0.379. The molecule has 4 rings (SSSR count). The van der Waals surface area contributed by atoms with E-state index in [9.17, 15) is 10.3 Å². The molecular formula is C20H25N3O4. The molecule has 7 heteroatoms. The summed E-state index contributed by atoms with van der Waals surface area (Å²) in [5.41, 5.74) is 1.16. The molecule has 0 aliphatic carbocycles. The van der Waals surface area contributed by atoms with Gasteiger partial charge in [-0.3, -0.25) is 0 Å². The highest BCUT2D eigenvalue weighted by atomic mass is 16.7. The first-order chi connectivity index (χ1) is 12.8. The average Bonchev–Trinajstić information content (AvgIpc) is 3.17. The van der Waals surface area contributed by atoms with E-state index >= 15 is 0 Å². The summed E-state index contributed by atoms with van der Waals surface area (Å²) in [4.78, 5) is 4.72. The van der Waals surface area contributed by atoms with Crippen LogP contribution in [0.2, 0.25) is 0 Å². The lowest BCUT2D eigenvalue weighted by Crippen LogP contribution is -2.29. The summed E-state index contributed by atoms with van der Waals surface area (Å²) in [5, 5.41) is 23.7. The van der Waals surface area contributed by atoms with Crippen molar-refractivity contribution in [1.82, 2.24) is 9.55 Å². The Hall–Kier alpha value is -2.22. The maximum absolute atomic E-state index is 12.4. The number of aromatic nitrogens is 3. The molecule has 0 radical (unpaired) electrons. The number of nitrogens with zero attached hydrogens (tertiary/aromatic N) is 3. The second kappa shape index (κ2) is 6.44. The molecule has 0 atom stereocenters. The Morgan fingerprint density at radius 2 is 2.00 bits per heavy atom. The number of rotatable bonds is 5. The fourth-order valence-corrected chi connectivity index (χ4v) is 3.73. The van der Waals surface area contributed by atoms with Crippen molar-refractivity contribution in [2.24, 2.45) is 0 Å². The first-order valence-corrected chi connectivity index (χ1v) is 9.26. The van der Waals surface area contributed by atoms with Gasteiger partial charge in [-0.25, -0.2) is 4.98 Å². The molecule has 1 fully saturated rings. The fraction of sp³-hybridized carbons (Fsp3) is 0.500. The van der Waals surface area contributed by atoms with Crippen molar-refractivity contribution in [3.05, 3.63) is 41.5 Å². The van der Waals surface area contributed by atoms with E-state index in [0.717, 1.165) is 21.5 Å². The molecule has 1 saturated heterocycles. The summed E-state index contributed by atoms with van der Waals surface area (Å²) in [6.45, 7) is 7.04. The molecule has 1 aliphatic heterocycles. The highest BCUT2D eigenvalue weighted by Crippen LogP contribution is 2.29. The third-order valence-corrected chi connectivity index (χ3v) is 4.96. The zero-order valence-corrected chi connectivity index (χ0v) is 15.9. The van der Waals surface area contributed by atoms with Crippen molar-refractivity contribution >= 4 is 21.9 Å². The number of hydrogen-bond donors (Lipinski definition) is 1. The van der Waals surface area contributed by atoms with Crippen LogP contribution in [0.3, 0.4) is 0 Å². The van der Waals surface area contributed by atoms with Gasteiger partial charge in [-0.15, -0.1) is 0 Å². The summed E-state index contributed by atoms with van der Waals surface area (Å²) in [6, 6.07) is 7.47. The lowest BCUT2D eigenvalue weighted by Gasteiger charge is -2.23. The van der Waals surface area contributed by atoms with Crippen LogP contribution in [-0.4, -0.2) is 39.3 Å². The van der Waals surface area contributed by atoms with Gasteiger partial charge in [0, 0.05) is 18.9 Å². The second-order valence-corrected chi connectivity index (χ2v) is 7.96. The molecule has 0 saturated carbocycles. The fourth-order valence-electron chi connectivity index (χ4n) is 3.73. The van der Waals surface area contributed by atoms with Gasteiger partial charge in [-0.05, 0) is 26.8 Å². The Kier molecular flexibility index (Phi) is 4.33. The van der Waals surface area contributed by atoms with Crippen LogP contribution < -0.4 is 4.73 Å². The van der Waals surface area contributed by atoms with Crippen molar-refractivity contribution in [3.8, 4) is 0 Å². The monoisotopic (exact) mass is 371 g/mol. The van der Waals surface area contributed by atoms with Crippen LogP contribution in [0.5, 0.6) is 0 Å². The molecule has 0 spiro atoms. The van der Waals surface area contributed by atoms with Gasteiger partial charge < -0.3 is 24.4 Å². The Morgan fingerprint density at radius 1 is 1.30 bits per heavy atom. The molecule has 0 amide bonds. The number of imidazole rings is 1. The molecule has 2 aromatic heterocycles. The zero-order chi connectivity index (χ0) is 19.2. The third kappa shape index (κ3) is 3.50. The van der Waals surface area contributed by atoms with E-state index in [4.69, 9.17) is 14.5 Å². The molecule has 1 N–H and O–H groups in total. The number of hydrogen-bond acceptors (Lipinski definition) is 5. The highest BCUT2D eigenvalue weighted by molar-refractivity contribution is 6.00. The van der Waals surface area contributed by atoms with Gasteiger partial charge in [-0.1, -0.05) is 12.1 Å². The normalized spacial score (nSPS) is 17.2. The molecule has 7 nitrogen and oxygen atoms in total. The standard InChI is InChI=1S/C20H25N3O4/c1-19(2,24)13-22-17(8-9-20(3)26-10-11-27-20)21-15-12-23(25)16-7-5-4-6-14(16)18(15)22/h4-7,12,24H,8-11,13H2,1-3H3. The quantitative estimate of drug-likeness (QED) is 0.550. The van der Waals surface area contributed by atoms with Crippen molar-refractivity contribution in [2.45, 2.75) is 51.5 Å². The SMILES string of the molecule is CC(C)(O)Cn1c(CCC2(C)OCCO2)nc2c[n+]([O-])c3ccccc3c21. The summed E-state index contributed by atoms with van der Waals surface area (Å²) < 4.78 is 14.3. The van der Waals surface area contributed by atoms with E-state index in [2.05, 4.69) is 0 Å². The van der Waals surface area contributed by atoms with E-state index in [-0.39, 0.29) is 0 Å². The van der Waals surface area contributed by atoms with Crippen LogP contribution in [-0.2, 0) is 22.4 Å². The van der Waals surface area contributed by atoms with Crippen LogP contribution in [0, 0.1) is 5.21 Å². The average molecular weight is 371 g/mol. The summed E-state index contributed by atoms with van der Waals surface area (Å²) in [6.07, 6.45) is 2.78. The molecule has 1 aliphatic rings. The number of para-hydroxylation sites is 1. The molecule has 3 heterocycles. The van der Waals surface area contributed by atoms with Crippen LogP contribution in [0.15, 0.2) is 30.5 Å². The minimum Gasteiger partial charge on any atom is -0.618 e. The zero-order valence-electron chi connectivity index (χ0n) is 15.9. The Morgan fingerprint density at radius 3 is 2.70 bits per heavy atom. The number of fused-ring (bicyclic) bond motifs is 3. The van der Waals surface area contributed by atoms with Gasteiger partial charge in [-0.2, -0.15) is 4.73 Å². The lowest BCUT2D eigenvalue weighted by molar-refractivity contribution is -0.575. The number of benzene rings is 1. The second-order valence-electron chi connectivity index (χ2n) is 7.96. The summed E-state index contributed by atoms with van der Waals surface area (Å²) in [5.74, 6) is 0.196. The van der Waals surface area contributed by atoms with Crippen LogP contribution in [0.25, 0.3) is 21.9 Å². The van der Waals surface area contributed by atoms with Crippen molar-refractivity contribution in [2.75, 3.05) is 13.2 Å². The van der Waals surface area contributed by atoms with E-state index in [1.165, 1.54) is 6.20 Å². The molecule has 0 unspecified atom stereocenters. The number of pyridine rings is 1.